The summed E-state index contributed by atoms with van der Waals surface area (Å²) in [5, 5.41) is 17.3. The van der Waals surface area contributed by atoms with Gasteiger partial charge in [0.15, 0.2) is 5.78 Å². The molecule has 0 aliphatic carbocycles. The van der Waals surface area contributed by atoms with Crippen molar-refractivity contribution in [3.05, 3.63) is 77.6 Å². The van der Waals surface area contributed by atoms with Crippen molar-refractivity contribution in [3.63, 3.8) is 0 Å². The molecule has 0 saturated heterocycles. The molecule has 2 amide bonds. The number of Topliss-reactive ketones (excluding diaryl/α,β-unsaturated/α-hetero) is 1. The van der Waals surface area contributed by atoms with Crippen molar-refractivity contribution in [2.24, 2.45) is 0 Å². The number of methoxy groups -OCH3 is 1. The lowest BCUT2D eigenvalue weighted by atomic mass is 10.1. The van der Waals surface area contributed by atoms with E-state index in [0.717, 1.165) is 0 Å². The number of nitrogens with one attached hydrogen (secondary N) is 3. The Hall–Kier alpha value is -4.64. The van der Waals surface area contributed by atoms with Gasteiger partial charge in [-0.15, -0.1) is 0 Å². The van der Waals surface area contributed by atoms with Gasteiger partial charge in [0.1, 0.15) is 23.5 Å². The van der Waals surface area contributed by atoms with E-state index in [2.05, 4.69) is 16.0 Å². The third-order valence-corrected chi connectivity index (χ3v) is 5.62. The zero-order chi connectivity index (χ0) is 28.5. The summed E-state index contributed by atoms with van der Waals surface area (Å²) in [6.45, 7) is 1.77. The highest BCUT2D eigenvalue weighted by Gasteiger charge is 2.16. The maximum absolute atomic E-state index is 13.8. The van der Waals surface area contributed by atoms with Crippen LogP contribution in [0, 0.1) is 5.82 Å². The van der Waals surface area contributed by atoms with E-state index in [1.165, 1.54) is 37.4 Å². The molecule has 0 fully saturated rings. The molecule has 3 aromatic rings. The summed E-state index contributed by atoms with van der Waals surface area (Å²) >= 11 is 0. The first-order valence-corrected chi connectivity index (χ1v) is 12.0. The molecular weight excluding hydrogens is 507 g/mol. The molecule has 3 rings (SSSR count). The standard InChI is InChI=1S/C28H31FN4O6/c1-17(39-25-12-10-19(27(35)36)15-24(25)33(2)3)30-16-20(34)13-18-9-11-23(26(14-18)38-4)32-28(37)31-22-8-6-5-7-21(22)29/h5-12,14-15,17,30H,13,16H2,1-4H3,(H,35,36)(H2,31,32,37). The van der Waals surface area contributed by atoms with Gasteiger partial charge < -0.3 is 30.1 Å². The lowest BCUT2D eigenvalue weighted by molar-refractivity contribution is -0.118. The number of aromatic carboxylic acids is 1. The number of halogens is 1. The number of carboxylic acid groups (broad SMARTS) is 1. The Morgan fingerprint density at radius 1 is 0.974 bits per heavy atom. The Morgan fingerprint density at radius 3 is 2.36 bits per heavy atom. The summed E-state index contributed by atoms with van der Waals surface area (Å²) in [4.78, 5) is 37.9. The van der Waals surface area contributed by atoms with E-state index in [4.69, 9.17) is 9.47 Å². The topological polar surface area (TPSA) is 129 Å². The van der Waals surface area contributed by atoms with Crippen LogP contribution in [0.1, 0.15) is 22.8 Å². The average Bonchev–Trinajstić information content (AvgIpc) is 2.89. The highest BCUT2D eigenvalue weighted by atomic mass is 19.1. The molecule has 0 radical (unpaired) electrons. The maximum atomic E-state index is 13.8. The molecule has 11 heteroatoms. The quantitative estimate of drug-likeness (QED) is 0.250. The fraction of sp³-hybridized carbons (Fsp3) is 0.250. The van der Waals surface area contributed by atoms with Gasteiger partial charge in [-0.3, -0.25) is 10.1 Å². The number of carbonyl (C=O) groups excluding carboxylic acids is 2. The Labute approximate surface area is 225 Å². The van der Waals surface area contributed by atoms with E-state index in [1.54, 1.807) is 56.3 Å². The zero-order valence-corrected chi connectivity index (χ0v) is 22.1. The van der Waals surface area contributed by atoms with Gasteiger partial charge in [-0.1, -0.05) is 18.2 Å². The van der Waals surface area contributed by atoms with Crippen molar-refractivity contribution in [2.75, 3.05) is 43.3 Å². The van der Waals surface area contributed by atoms with Crippen LogP contribution in [0.2, 0.25) is 0 Å². The van der Waals surface area contributed by atoms with Crippen molar-refractivity contribution >= 4 is 34.8 Å². The van der Waals surface area contributed by atoms with Crippen LogP contribution in [0.5, 0.6) is 11.5 Å². The van der Waals surface area contributed by atoms with Gasteiger partial charge in [0.2, 0.25) is 0 Å². The van der Waals surface area contributed by atoms with Gasteiger partial charge in [0, 0.05) is 20.5 Å². The summed E-state index contributed by atoms with van der Waals surface area (Å²) in [6.07, 6.45) is -0.425. The minimum absolute atomic E-state index is 0.0268. The number of ketones is 1. The van der Waals surface area contributed by atoms with E-state index in [-0.39, 0.29) is 30.0 Å². The van der Waals surface area contributed by atoms with Crippen LogP contribution in [0.25, 0.3) is 0 Å². The Morgan fingerprint density at radius 2 is 1.69 bits per heavy atom. The minimum atomic E-state index is -1.03. The normalized spacial score (nSPS) is 11.3. The molecule has 39 heavy (non-hydrogen) atoms. The fourth-order valence-electron chi connectivity index (χ4n) is 3.67. The van der Waals surface area contributed by atoms with Gasteiger partial charge in [0.05, 0.1) is 36.3 Å². The molecule has 0 bridgehead atoms. The number of urea groups is 1. The molecule has 0 heterocycles. The second kappa shape index (κ2) is 13.2. The van der Waals surface area contributed by atoms with Crippen LogP contribution in [0.3, 0.4) is 0 Å². The lowest BCUT2D eigenvalue weighted by Gasteiger charge is -2.22. The number of rotatable bonds is 12. The third kappa shape index (κ3) is 8.17. The second-order valence-corrected chi connectivity index (χ2v) is 8.83. The molecule has 0 spiro atoms. The van der Waals surface area contributed by atoms with E-state index >= 15 is 0 Å². The minimum Gasteiger partial charge on any atom is -0.495 e. The van der Waals surface area contributed by atoms with E-state index in [0.29, 0.717) is 28.4 Å². The molecule has 1 unspecified atom stereocenters. The van der Waals surface area contributed by atoms with Gasteiger partial charge in [-0.25, -0.2) is 14.0 Å². The van der Waals surface area contributed by atoms with Crippen LogP contribution in [0.4, 0.5) is 26.2 Å². The summed E-state index contributed by atoms with van der Waals surface area (Å²) in [5.74, 6) is -0.887. The summed E-state index contributed by atoms with van der Waals surface area (Å²) in [5.41, 5.74) is 1.80. The van der Waals surface area contributed by atoms with Crippen LogP contribution < -0.4 is 30.3 Å². The Bertz CT molecular complexity index is 1350. The van der Waals surface area contributed by atoms with Crippen molar-refractivity contribution < 1.29 is 33.4 Å². The summed E-state index contributed by atoms with van der Waals surface area (Å²) in [7, 11) is 4.99. The molecular formula is C28H31FN4O6. The SMILES string of the molecule is COc1cc(CC(=O)CNC(C)Oc2ccc(C(=O)O)cc2N(C)C)ccc1NC(=O)Nc1ccccc1F. The summed E-state index contributed by atoms with van der Waals surface area (Å²) in [6, 6.07) is 14.7. The zero-order valence-electron chi connectivity index (χ0n) is 22.1. The number of hydrogen-bond acceptors (Lipinski definition) is 7. The van der Waals surface area contributed by atoms with E-state index in [1.807, 2.05) is 0 Å². The number of hydrogen-bond donors (Lipinski definition) is 4. The molecule has 0 aliphatic rings. The predicted octanol–water partition coefficient (Wildman–Crippen LogP) is 4.37. The number of amides is 2. The van der Waals surface area contributed by atoms with Crippen LogP contribution >= 0.6 is 0 Å². The maximum Gasteiger partial charge on any atom is 0.335 e. The van der Waals surface area contributed by atoms with Gasteiger partial charge >= 0.3 is 12.0 Å². The third-order valence-electron chi connectivity index (χ3n) is 5.62. The molecule has 0 aromatic heterocycles. The number of para-hydroxylation sites is 1. The van der Waals surface area contributed by atoms with Crippen LogP contribution in [-0.4, -0.2) is 56.9 Å². The highest BCUT2D eigenvalue weighted by Crippen LogP contribution is 2.29. The molecule has 206 valence electrons. The first-order valence-electron chi connectivity index (χ1n) is 12.0. The molecule has 0 aliphatic heterocycles. The average molecular weight is 539 g/mol. The first kappa shape index (κ1) is 28.9. The van der Waals surface area contributed by atoms with Crippen molar-refractivity contribution in [1.29, 1.82) is 0 Å². The highest BCUT2D eigenvalue weighted by molar-refractivity contribution is 6.00. The molecule has 3 aromatic carbocycles. The second-order valence-electron chi connectivity index (χ2n) is 8.83. The number of anilines is 3. The van der Waals surface area contributed by atoms with E-state index < -0.39 is 24.0 Å². The largest absolute Gasteiger partial charge is 0.495 e. The Balaban J connectivity index is 1.55. The van der Waals surface area contributed by atoms with E-state index in [9.17, 15) is 23.9 Å². The first-order chi connectivity index (χ1) is 18.6. The molecule has 1 atom stereocenters. The molecule has 4 N–H and O–H groups in total. The number of nitrogens with zero attached hydrogens (tertiary/aromatic N) is 1. The smallest absolute Gasteiger partial charge is 0.335 e. The monoisotopic (exact) mass is 538 g/mol. The number of ether oxygens (including phenoxy) is 2. The summed E-state index contributed by atoms with van der Waals surface area (Å²) < 4.78 is 25.0. The lowest BCUT2D eigenvalue weighted by Crippen LogP contribution is -2.36. The van der Waals surface area contributed by atoms with Gasteiger partial charge in [-0.2, -0.15) is 0 Å². The molecule has 0 saturated carbocycles. The fourth-order valence-corrected chi connectivity index (χ4v) is 3.67. The van der Waals surface area contributed by atoms with Crippen molar-refractivity contribution in [2.45, 2.75) is 19.6 Å². The van der Waals surface area contributed by atoms with Crippen molar-refractivity contribution in [1.82, 2.24) is 5.32 Å². The predicted molar refractivity (Wildman–Crippen MR) is 147 cm³/mol. The van der Waals surface area contributed by atoms with Crippen LogP contribution in [-0.2, 0) is 11.2 Å². The van der Waals surface area contributed by atoms with Crippen molar-refractivity contribution in [3.8, 4) is 11.5 Å². The van der Waals surface area contributed by atoms with Gasteiger partial charge in [-0.05, 0) is 55.0 Å². The molecule has 10 nitrogen and oxygen atoms in total. The number of carboxylic acids is 1. The van der Waals surface area contributed by atoms with Gasteiger partial charge in [0.25, 0.3) is 0 Å². The number of benzene rings is 3. The Kier molecular flexibility index (Phi) is 9.82. The van der Waals surface area contributed by atoms with Crippen LogP contribution in [0.15, 0.2) is 60.7 Å². The number of carbonyl (C=O) groups is 3.